The van der Waals surface area contributed by atoms with Crippen LogP contribution in [0.3, 0.4) is 0 Å². The van der Waals surface area contributed by atoms with Crippen molar-refractivity contribution in [2.75, 3.05) is 38.2 Å². The number of aromatic nitrogens is 1. The number of amides is 1. The maximum atomic E-state index is 13.0. The van der Waals surface area contributed by atoms with Gasteiger partial charge in [0.2, 0.25) is 0 Å². The Balaban J connectivity index is 1.31. The number of para-hydroxylation sites is 1. The molecule has 1 saturated heterocycles. The van der Waals surface area contributed by atoms with Crippen LogP contribution in [-0.4, -0.2) is 49.1 Å². The van der Waals surface area contributed by atoms with Crippen molar-refractivity contribution in [1.82, 2.24) is 9.88 Å². The molecule has 1 aliphatic heterocycles. The first-order valence-corrected chi connectivity index (χ1v) is 10.5. The molecule has 29 heavy (non-hydrogen) atoms. The molecule has 4 aromatic rings. The van der Waals surface area contributed by atoms with Gasteiger partial charge in [0.15, 0.2) is 5.13 Å². The van der Waals surface area contributed by atoms with Crippen LogP contribution < -0.4 is 9.64 Å². The van der Waals surface area contributed by atoms with E-state index in [9.17, 15) is 4.79 Å². The quantitative estimate of drug-likeness (QED) is 0.508. The van der Waals surface area contributed by atoms with Gasteiger partial charge < -0.3 is 14.5 Å². The van der Waals surface area contributed by atoms with Crippen molar-refractivity contribution in [3.63, 3.8) is 0 Å². The van der Waals surface area contributed by atoms with E-state index in [0.717, 1.165) is 50.5 Å². The number of carbonyl (C=O) groups is 1. The largest absolute Gasteiger partial charge is 0.494 e. The number of carbonyl (C=O) groups excluding carboxylic acids is 1. The Morgan fingerprint density at radius 3 is 2.55 bits per heavy atom. The molecule has 0 spiro atoms. The Kier molecular flexibility index (Phi) is 4.56. The molecule has 146 valence electrons. The first kappa shape index (κ1) is 17.9. The molecule has 0 unspecified atom stereocenters. The molecule has 2 heterocycles. The molecule has 5 nitrogen and oxygen atoms in total. The Morgan fingerprint density at radius 2 is 1.76 bits per heavy atom. The van der Waals surface area contributed by atoms with Crippen LogP contribution in [0.1, 0.15) is 10.4 Å². The predicted octanol–water partition coefficient (Wildman–Crippen LogP) is 4.42. The summed E-state index contributed by atoms with van der Waals surface area (Å²) < 4.78 is 6.55. The number of ether oxygens (including phenoxy) is 1. The van der Waals surface area contributed by atoms with Gasteiger partial charge in [0, 0.05) is 31.7 Å². The standard InChI is InChI=1S/C23H21N3O2S/c1-28-19-7-4-8-20-21(19)24-23(29-20)26-13-11-25(12-14-26)22(27)18-10-9-16-5-2-3-6-17(16)15-18/h2-10,15H,11-14H2,1H3. The number of nitrogens with zero attached hydrogens (tertiary/aromatic N) is 3. The minimum absolute atomic E-state index is 0.0985. The summed E-state index contributed by atoms with van der Waals surface area (Å²) in [6.07, 6.45) is 0. The fraction of sp³-hybridized carbons (Fsp3) is 0.217. The average Bonchev–Trinajstić information content (AvgIpc) is 3.23. The van der Waals surface area contributed by atoms with Gasteiger partial charge in [0.05, 0.1) is 11.8 Å². The van der Waals surface area contributed by atoms with Crippen molar-refractivity contribution >= 4 is 43.4 Å². The fourth-order valence-electron chi connectivity index (χ4n) is 3.82. The minimum Gasteiger partial charge on any atom is -0.494 e. The molecular formula is C23H21N3O2S. The van der Waals surface area contributed by atoms with Crippen LogP contribution in [0.2, 0.25) is 0 Å². The van der Waals surface area contributed by atoms with Gasteiger partial charge in [0.25, 0.3) is 5.91 Å². The summed E-state index contributed by atoms with van der Waals surface area (Å²) >= 11 is 1.67. The highest BCUT2D eigenvalue weighted by Gasteiger charge is 2.24. The number of hydrogen-bond donors (Lipinski definition) is 0. The lowest BCUT2D eigenvalue weighted by atomic mass is 10.1. The van der Waals surface area contributed by atoms with Gasteiger partial charge in [-0.3, -0.25) is 4.79 Å². The molecule has 0 N–H and O–H groups in total. The maximum absolute atomic E-state index is 13.0. The fourth-order valence-corrected chi connectivity index (χ4v) is 4.85. The smallest absolute Gasteiger partial charge is 0.253 e. The number of anilines is 1. The van der Waals surface area contributed by atoms with Gasteiger partial charge in [-0.1, -0.05) is 47.7 Å². The van der Waals surface area contributed by atoms with Crippen LogP contribution in [0.5, 0.6) is 5.75 Å². The molecule has 5 rings (SSSR count). The van der Waals surface area contributed by atoms with Crippen LogP contribution in [0.15, 0.2) is 60.7 Å². The first-order valence-electron chi connectivity index (χ1n) is 9.69. The predicted molar refractivity (Wildman–Crippen MR) is 118 cm³/mol. The topological polar surface area (TPSA) is 45.7 Å². The summed E-state index contributed by atoms with van der Waals surface area (Å²) in [5.74, 6) is 0.900. The summed E-state index contributed by atoms with van der Waals surface area (Å²) in [6.45, 7) is 2.94. The molecule has 0 radical (unpaired) electrons. The van der Waals surface area contributed by atoms with Crippen LogP contribution in [0.4, 0.5) is 5.13 Å². The third kappa shape index (κ3) is 3.29. The lowest BCUT2D eigenvalue weighted by molar-refractivity contribution is 0.0747. The number of rotatable bonds is 3. The zero-order valence-corrected chi connectivity index (χ0v) is 17.0. The normalized spacial score (nSPS) is 14.5. The Labute approximate surface area is 173 Å². The third-order valence-electron chi connectivity index (χ3n) is 5.42. The van der Waals surface area contributed by atoms with Gasteiger partial charge in [-0.2, -0.15) is 0 Å². The van der Waals surface area contributed by atoms with Crippen molar-refractivity contribution in [3.8, 4) is 5.75 Å². The van der Waals surface area contributed by atoms with E-state index in [1.807, 2.05) is 53.4 Å². The molecule has 0 bridgehead atoms. The lowest BCUT2D eigenvalue weighted by Gasteiger charge is -2.34. The van der Waals surface area contributed by atoms with E-state index in [1.54, 1.807) is 18.4 Å². The van der Waals surface area contributed by atoms with E-state index < -0.39 is 0 Å². The highest BCUT2D eigenvalue weighted by atomic mass is 32.1. The van der Waals surface area contributed by atoms with Crippen molar-refractivity contribution in [3.05, 3.63) is 66.2 Å². The molecule has 1 aromatic heterocycles. The molecule has 0 atom stereocenters. The van der Waals surface area contributed by atoms with E-state index in [0.29, 0.717) is 13.1 Å². The number of fused-ring (bicyclic) bond motifs is 2. The Hall–Kier alpha value is -3.12. The summed E-state index contributed by atoms with van der Waals surface area (Å²) in [5, 5.41) is 3.24. The Morgan fingerprint density at radius 1 is 0.966 bits per heavy atom. The van der Waals surface area contributed by atoms with Gasteiger partial charge >= 0.3 is 0 Å². The summed E-state index contributed by atoms with van der Waals surface area (Å²) in [5.41, 5.74) is 1.66. The van der Waals surface area contributed by atoms with Crippen molar-refractivity contribution in [2.45, 2.75) is 0 Å². The Bertz CT molecular complexity index is 1200. The number of thiazole rings is 1. The second-order valence-corrected chi connectivity index (χ2v) is 8.15. The highest BCUT2D eigenvalue weighted by molar-refractivity contribution is 7.22. The summed E-state index contributed by atoms with van der Waals surface area (Å²) in [4.78, 5) is 22.0. The van der Waals surface area contributed by atoms with E-state index in [4.69, 9.17) is 9.72 Å². The van der Waals surface area contributed by atoms with Crippen LogP contribution >= 0.6 is 11.3 Å². The van der Waals surface area contributed by atoms with Crippen molar-refractivity contribution < 1.29 is 9.53 Å². The number of methoxy groups -OCH3 is 1. The maximum Gasteiger partial charge on any atom is 0.253 e. The van der Waals surface area contributed by atoms with E-state index in [1.165, 1.54) is 0 Å². The van der Waals surface area contributed by atoms with Crippen molar-refractivity contribution in [2.24, 2.45) is 0 Å². The van der Waals surface area contributed by atoms with Crippen LogP contribution in [-0.2, 0) is 0 Å². The van der Waals surface area contributed by atoms with Gasteiger partial charge in [-0.15, -0.1) is 0 Å². The van der Waals surface area contributed by atoms with Gasteiger partial charge in [0.1, 0.15) is 11.3 Å². The monoisotopic (exact) mass is 403 g/mol. The molecular weight excluding hydrogens is 382 g/mol. The third-order valence-corrected chi connectivity index (χ3v) is 6.51. The molecule has 1 fully saturated rings. The van der Waals surface area contributed by atoms with Gasteiger partial charge in [-0.25, -0.2) is 4.98 Å². The molecule has 0 saturated carbocycles. The molecule has 6 heteroatoms. The van der Waals surface area contributed by atoms with E-state index >= 15 is 0 Å². The number of piperazine rings is 1. The molecule has 1 amide bonds. The number of benzene rings is 3. The van der Waals surface area contributed by atoms with E-state index in [-0.39, 0.29) is 5.91 Å². The lowest BCUT2D eigenvalue weighted by Crippen LogP contribution is -2.48. The highest BCUT2D eigenvalue weighted by Crippen LogP contribution is 2.34. The molecule has 0 aliphatic carbocycles. The van der Waals surface area contributed by atoms with Gasteiger partial charge in [-0.05, 0) is 35.0 Å². The first-order chi connectivity index (χ1) is 14.2. The summed E-state index contributed by atoms with van der Waals surface area (Å²) in [6, 6.07) is 20.1. The van der Waals surface area contributed by atoms with E-state index in [2.05, 4.69) is 17.0 Å². The summed E-state index contributed by atoms with van der Waals surface area (Å²) in [7, 11) is 1.67. The van der Waals surface area contributed by atoms with Crippen LogP contribution in [0, 0.1) is 0 Å². The second kappa shape index (κ2) is 7.37. The second-order valence-electron chi connectivity index (χ2n) is 7.14. The minimum atomic E-state index is 0.0985. The zero-order chi connectivity index (χ0) is 19.8. The SMILES string of the molecule is COc1cccc2sc(N3CCN(C(=O)c4ccc5ccccc5c4)CC3)nc12. The number of hydrogen-bond acceptors (Lipinski definition) is 5. The van der Waals surface area contributed by atoms with Crippen LogP contribution in [0.25, 0.3) is 21.0 Å². The molecule has 1 aliphatic rings. The average molecular weight is 404 g/mol. The zero-order valence-electron chi connectivity index (χ0n) is 16.2. The van der Waals surface area contributed by atoms with Crippen molar-refractivity contribution in [1.29, 1.82) is 0 Å². The molecule has 3 aromatic carbocycles.